The van der Waals surface area contributed by atoms with Crippen LogP contribution in [0.3, 0.4) is 0 Å². The molecule has 7 aliphatic rings. The number of benzene rings is 1. The van der Waals surface area contributed by atoms with Gasteiger partial charge in [0.2, 0.25) is 0 Å². The molecule has 38 heavy (non-hydrogen) atoms. The largest absolute Gasteiger partial charge is 0.328 e. The van der Waals surface area contributed by atoms with Crippen molar-refractivity contribution in [3.8, 4) is 11.4 Å². The summed E-state index contributed by atoms with van der Waals surface area (Å²) in [6.07, 6.45) is 19.4. The van der Waals surface area contributed by atoms with Crippen LogP contribution in [0.4, 0.5) is 0 Å². The third-order valence-electron chi connectivity index (χ3n) is 11.6. The number of rotatable bonds is 5. The molecule has 1 atom stereocenters. The highest BCUT2D eigenvalue weighted by Gasteiger charge is 2.50. The normalized spacial score (nSPS) is 34.2. The van der Waals surface area contributed by atoms with Crippen molar-refractivity contribution >= 4 is 11.7 Å². The van der Waals surface area contributed by atoms with Gasteiger partial charge in [0.15, 0.2) is 0 Å². The van der Waals surface area contributed by atoms with Crippen molar-refractivity contribution in [3.05, 3.63) is 41.2 Å². The first-order chi connectivity index (χ1) is 18.4. The first-order valence-electron chi connectivity index (χ1n) is 15.5. The van der Waals surface area contributed by atoms with E-state index in [9.17, 15) is 0 Å². The Morgan fingerprint density at radius 3 is 2.16 bits per heavy atom. The van der Waals surface area contributed by atoms with Crippen molar-refractivity contribution in [1.29, 1.82) is 0 Å². The molecule has 0 amide bonds. The van der Waals surface area contributed by atoms with Crippen LogP contribution in [0.2, 0.25) is 0 Å². The van der Waals surface area contributed by atoms with E-state index in [1.165, 1.54) is 111 Å². The van der Waals surface area contributed by atoms with Crippen molar-refractivity contribution in [2.45, 2.75) is 103 Å². The van der Waals surface area contributed by atoms with Crippen LogP contribution in [-0.4, -0.2) is 22.4 Å². The quantitative estimate of drug-likeness (QED) is 0.463. The first kappa shape index (κ1) is 24.6. The Morgan fingerprint density at radius 1 is 0.947 bits per heavy atom. The fourth-order valence-corrected chi connectivity index (χ4v) is 8.86. The Kier molecular flexibility index (Phi) is 5.87. The second-order valence-electron chi connectivity index (χ2n) is 13.6. The van der Waals surface area contributed by atoms with Gasteiger partial charge in [0, 0.05) is 23.3 Å². The Labute approximate surface area is 228 Å². The number of nitrogens with zero attached hydrogens (tertiary/aromatic N) is 4. The van der Waals surface area contributed by atoms with Gasteiger partial charge in [0.1, 0.15) is 29.7 Å². The maximum atomic E-state index is 5.60. The lowest BCUT2D eigenvalue weighted by Crippen LogP contribution is -2.53. The lowest BCUT2D eigenvalue weighted by atomic mass is 9.58. The fraction of sp³-hybridized carbons (Fsp3) is 0.667. The Hall–Kier alpha value is -2.43. The highest BCUT2D eigenvalue weighted by atomic mass is 15.2. The van der Waals surface area contributed by atoms with Crippen molar-refractivity contribution in [1.82, 2.24) is 9.88 Å². The summed E-state index contributed by atoms with van der Waals surface area (Å²) in [4.78, 5) is 11.1. The third kappa shape index (κ3) is 3.82. The van der Waals surface area contributed by atoms with E-state index in [-0.39, 0.29) is 17.0 Å². The van der Waals surface area contributed by atoms with Crippen molar-refractivity contribution < 1.29 is 4.57 Å². The predicted molar refractivity (Wildman–Crippen MR) is 154 cm³/mol. The van der Waals surface area contributed by atoms with Crippen LogP contribution in [0.25, 0.3) is 11.4 Å². The number of hydrogen-bond donors (Lipinski definition) is 1. The van der Waals surface area contributed by atoms with E-state index < -0.39 is 0 Å². The molecule has 5 heteroatoms. The molecule has 4 bridgehead atoms. The average Bonchev–Trinajstić information content (AvgIpc) is 3.24. The monoisotopic (exact) mass is 512 g/mol. The molecule has 5 nitrogen and oxygen atoms in total. The zero-order valence-corrected chi connectivity index (χ0v) is 24.0. The SMILES string of the molecule is CCc1ccc(C2=NC(C34CCC(CC3)CC4)N=C(C34CCC(CC3)CC4)N2)cc1-c1n(C)c(C)c[n+]1C. The van der Waals surface area contributed by atoms with Crippen LogP contribution in [-0.2, 0) is 20.5 Å². The number of amidine groups is 2. The molecule has 0 radical (unpaired) electrons. The molecular weight excluding hydrogens is 466 g/mol. The van der Waals surface area contributed by atoms with E-state index in [0.29, 0.717) is 0 Å². The number of nitrogens with one attached hydrogen (secondary N) is 1. The molecule has 6 saturated carbocycles. The Balaban J connectivity index is 1.32. The second kappa shape index (κ2) is 9.06. The standard InChI is InChI=1S/C33H46N5/c1-5-25-6-7-26(20-27(25)29-37(3)21-22(2)38(29)4)28-34-30(32-14-8-23(9-15-32)10-16-32)36-31(35-28)33-17-11-24(12-18-33)13-19-33/h6-7,20-21,23-24,30H,5,8-19H2,1-4H3,(H,34,35,36)/q+1. The van der Waals surface area contributed by atoms with E-state index in [0.717, 1.165) is 24.1 Å². The van der Waals surface area contributed by atoms with Crippen molar-refractivity contribution in [2.75, 3.05) is 0 Å². The maximum Gasteiger partial charge on any atom is 0.288 e. The number of hydrogen-bond acceptors (Lipinski definition) is 3. The van der Waals surface area contributed by atoms with Gasteiger partial charge in [0.25, 0.3) is 5.82 Å². The number of aryl methyl sites for hydroxylation is 3. The Morgan fingerprint density at radius 2 is 1.58 bits per heavy atom. The summed E-state index contributed by atoms with van der Waals surface area (Å²) in [6.45, 7) is 4.46. The number of fused-ring (bicyclic) bond motifs is 6. The van der Waals surface area contributed by atoms with E-state index >= 15 is 0 Å². The Bertz CT molecular complexity index is 1270. The molecular formula is C33H46N5+. The molecule has 2 heterocycles. The second-order valence-corrected chi connectivity index (χ2v) is 13.6. The average molecular weight is 513 g/mol. The minimum absolute atomic E-state index is 0.0757. The van der Waals surface area contributed by atoms with Crippen LogP contribution in [0.5, 0.6) is 0 Å². The van der Waals surface area contributed by atoms with Gasteiger partial charge in [-0.15, -0.1) is 0 Å². The van der Waals surface area contributed by atoms with E-state index in [1.807, 2.05) is 0 Å². The minimum atomic E-state index is 0.0757. The van der Waals surface area contributed by atoms with Gasteiger partial charge in [-0.1, -0.05) is 19.1 Å². The van der Waals surface area contributed by atoms with Crippen LogP contribution >= 0.6 is 0 Å². The van der Waals surface area contributed by atoms with Crippen LogP contribution in [0.1, 0.15) is 101 Å². The van der Waals surface area contributed by atoms with Crippen molar-refractivity contribution in [3.63, 3.8) is 0 Å². The summed E-state index contributed by atoms with van der Waals surface area (Å²) in [5.41, 5.74) is 5.71. The lowest BCUT2D eigenvalue weighted by Gasteiger charge is -2.51. The van der Waals surface area contributed by atoms with E-state index in [2.05, 4.69) is 66.8 Å². The summed E-state index contributed by atoms with van der Waals surface area (Å²) >= 11 is 0. The maximum absolute atomic E-state index is 5.60. The van der Waals surface area contributed by atoms with Crippen LogP contribution in [0.15, 0.2) is 34.4 Å². The number of aromatic nitrogens is 2. The van der Waals surface area contributed by atoms with Gasteiger partial charge < -0.3 is 5.32 Å². The molecule has 0 spiro atoms. The fourth-order valence-electron chi connectivity index (χ4n) is 8.86. The van der Waals surface area contributed by atoms with Crippen molar-refractivity contribution in [2.24, 2.45) is 46.7 Å². The molecule has 1 aromatic carbocycles. The molecule has 1 N–H and O–H groups in total. The first-order valence-corrected chi connectivity index (χ1v) is 15.5. The van der Waals surface area contributed by atoms with Crippen LogP contribution in [0, 0.1) is 29.6 Å². The summed E-state index contributed by atoms with van der Waals surface area (Å²) in [5.74, 6) is 5.53. The molecule has 6 aliphatic carbocycles. The summed E-state index contributed by atoms with van der Waals surface area (Å²) in [7, 11) is 4.36. The molecule has 9 rings (SSSR count). The van der Waals surface area contributed by atoms with Gasteiger partial charge in [0.05, 0.1) is 19.7 Å². The number of imidazole rings is 1. The predicted octanol–water partition coefficient (Wildman–Crippen LogP) is 6.40. The molecule has 202 valence electrons. The summed E-state index contributed by atoms with van der Waals surface area (Å²) < 4.78 is 4.60. The van der Waals surface area contributed by atoms with E-state index in [4.69, 9.17) is 9.98 Å². The van der Waals surface area contributed by atoms with Crippen LogP contribution < -0.4 is 9.88 Å². The van der Waals surface area contributed by atoms with Gasteiger partial charge in [-0.25, -0.2) is 19.1 Å². The van der Waals surface area contributed by atoms with Gasteiger partial charge in [-0.05, 0) is 107 Å². The number of aliphatic imine (C=N–C) groups is 2. The third-order valence-corrected chi connectivity index (χ3v) is 11.6. The minimum Gasteiger partial charge on any atom is -0.328 e. The molecule has 2 aromatic rings. The highest BCUT2D eigenvalue weighted by Crippen LogP contribution is 2.55. The molecule has 1 aliphatic heterocycles. The molecule has 6 fully saturated rings. The van der Waals surface area contributed by atoms with Gasteiger partial charge >= 0.3 is 0 Å². The zero-order valence-electron chi connectivity index (χ0n) is 24.0. The zero-order chi connectivity index (χ0) is 26.1. The summed E-state index contributed by atoms with van der Waals surface area (Å²) in [6, 6.07) is 7.06. The summed E-state index contributed by atoms with van der Waals surface area (Å²) in [5, 5.41) is 3.92. The van der Waals surface area contributed by atoms with Gasteiger partial charge in [-0.3, -0.25) is 0 Å². The molecule has 1 unspecified atom stereocenters. The highest BCUT2D eigenvalue weighted by molar-refractivity contribution is 6.12. The van der Waals surface area contributed by atoms with Gasteiger partial charge in [-0.2, -0.15) is 0 Å². The topological polar surface area (TPSA) is 45.6 Å². The lowest BCUT2D eigenvalue weighted by molar-refractivity contribution is -0.659. The smallest absolute Gasteiger partial charge is 0.288 e. The van der Waals surface area contributed by atoms with E-state index in [1.54, 1.807) is 0 Å². The molecule has 0 saturated heterocycles. The molecule has 1 aromatic heterocycles.